The lowest BCUT2D eigenvalue weighted by atomic mass is 10.0. The molecule has 0 aliphatic heterocycles. The maximum absolute atomic E-state index is 12.0. The summed E-state index contributed by atoms with van der Waals surface area (Å²) in [5, 5.41) is 2.92. The highest BCUT2D eigenvalue weighted by Crippen LogP contribution is 2.12. The Bertz CT molecular complexity index is 405. The van der Waals surface area contributed by atoms with Crippen molar-refractivity contribution in [2.75, 3.05) is 0 Å². The molecule has 0 spiro atoms. The Balaban J connectivity index is 2.88. The molecule has 3 heteroatoms. The molecule has 1 aromatic carbocycles. The maximum Gasteiger partial charge on any atom is 0.251 e. The maximum atomic E-state index is 12.0. The van der Waals surface area contributed by atoms with Gasteiger partial charge in [0, 0.05) is 17.5 Å². The Morgan fingerprint density at radius 1 is 1.29 bits per heavy atom. The van der Waals surface area contributed by atoms with Crippen molar-refractivity contribution in [2.24, 2.45) is 0 Å². The van der Waals surface area contributed by atoms with Gasteiger partial charge in [0.15, 0.2) is 0 Å². The molecule has 92 valence electrons. The number of aldehydes is 1. The zero-order chi connectivity index (χ0) is 12.9. The summed E-state index contributed by atoms with van der Waals surface area (Å²) in [5.74, 6) is -0.0843. The first-order valence-corrected chi connectivity index (χ1v) is 5.78. The van der Waals surface area contributed by atoms with Crippen LogP contribution < -0.4 is 5.32 Å². The van der Waals surface area contributed by atoms with Gasteiger partial charge in [0.05, 0.1) is 0 Å². The highest BCUT2D eigenvalue weighted by molar-refractivity contribution is 5.96. The summed E-state index contributed by atoms with van der Waals surface area (Å²) >= 11 is 0. The molecular formula is C14H19NO2. The number of aryl methyl sites for hydroxylation is 1. The smallest absolute Gasteiger partial charge is 0.251 e. The van der Waals surface area contributed by atoms with Crippen molar-refractivity contribution in [3.63, 3.8) is 0 Å². The topological polar surface area (TPSA) is 46.2 Å². The van der Waals surface area contributed by atoms with E-state index in [1.165, 1.54) is 0 Å². The second-order valence-electron chi connectivity index (χ2n) is 5.07. The number of carbonyl (C=O) groups is 2. The van der Waals surface area contributed by atoms with Gasteiger partial charge in [-0.2, -0.15) is 0 Å². The Morgan fingerprint density at radius 2 is 1.94 bits per heavy atom. The number of carbonyl (C=O) groups excluding carboxylic acids is 2. The number of amides is 1. The molecule has 0 aliphatic carbocycles. The molecule has 1 aromatic rings. The van der Waals surface area contributed by atoms with Crippen LogP contribution in [0.15, 0.2) is 24.3 Å². The van der Waals surface area contributed by atoms with Crippen LogP contribution in [-0.2, 0) is 11.2 Å². The van der Waals surface area contributed by atoms with Crippen LogP contribution in [0, 0.1) is 0 Å². The van der Waals surface area contributed by atoms with Crippen molar-refractivity contribution in [2.45, 2.75) is 39.2 Å². The molecule has 0 radical (unpaired) electrons. The molecule has 1 amide bonds. The largest absolute Gasteiger partial charge is 0.347 e. The van der Waals surface area contributed by atoms with Gasteiger partial charge in [-0.1, -0.05) is 18.2 Å². The number of hydrogen-bond acceptors (Lipinski definition) is 2. The van der Waals surface area contributed by atoms with Crippen LogP contribution in [0.4, 0.5) is 0 Å². The lowest BCUT2D eigenvalue weighted by molar-refractivity contribution is -0.107. The average Bonchev–Trinajstić information content (AvgIpc) is 2.24. The van der Waals surface area contributed by atoms with Crippen LogP contribution in [0.2, 0.25) is 0 Å². The van der Waals surface area contributed by atoms with E-state index in [0.717, 1.165) is 11.8 Å². The minimum atomic E-state index is -0.255. The van der Waals surface area contributed by atoms with Crippen LogP contribution in [0.25, 0.3) is 0 Å². The molecule has 0 atom stereocenters. The summed E-state index contributed by atoms with van der Waals surface area (Å²) in [6.07, 6.45) is 1.93. The minimum absolute atomic E-state index is 0.0843. The summed E-state index contributed by atoms with van der Waals surface area (Å²) in [5.41, 5.74) is 1.32. The zero-order valence-corrected chi connectivity index (χ0v) is 10.6. The van der Waals surface area contributed by atoms with Gasteiger partial charge in [-0.05, 0) is 38.8 Å². The van der Waals surface area contributed by atoms with E-state index in [1.54, 1.807) is 6.07 Å². The number of nitrogens with one attached hydrogen (secondary N) is 1. The van der Waals surface area contributed by atoms with E-state index in [4.69, 9.17) is 0 Å². The molecule has 3 nitrogen and oxygen atoms in total. The highest BCUT2D eigenvalue weighted by Gasteiger charge is 2.17. The lowest BCUT2D eigenvalue weighted by Crippen LogP contribution is -2.40. The fraction of sp³-hybridized carbons (Fsp3) is 0.429. The van der Waals surface area contributed by atoms with Crippen LogP contribution >= 0.6 is 0 Å². The number of rotatable bonds is 4. The Hall–Kier alpha value is -1.64. The van der Waals surface area contributed by atoms with E-state index < -0.39 is 0 Å². The first kappa shape index (κ1) is 13.4. The van der Waals surface area contributed by atoms with Gasteiger partial charge < -0.3 is 10.1 Å². The number of hydrogen-bond donors (Lipinski definition) is 1. The van der Waals surface area contributed by atoms with E-state index >= 15 is 0 Å². The van der Waals surface area contributed by atoms with Gasteiger partial charge in [-0.25, -0.2) is 0 Å². The monoisotopic (exact) mass is 233 g/mol. The van der Waals surface area contributed by atoms with E-state index in [9.17, 15) is 9.59 Å². The first-order valence-electron chi connectivity index (χ1n) is 5.78. The van der Waals surface area contributed by atoms with Crippen LogP contribution in [0.3, 0.4) is 0 Å². The van der Waals surface area contributed by atoms with Gasteiger partial charge in [0.2, 0.25) is 0 Å². The lowest BCUT2D eigenvalue weighted by Gasteiger charge is -2.21. The molecule has 1 rings (SSSR count). The zero-order valence-electron chi connectivity index (χ0n) is 10.6. The van der Waals surface area contributed by atoms with E-state index in [0.29, 0.717) is 18.4 Å². The Kier molecular flexibility index (Phi) is 4.44. The molecule has 0 saturated heterocycles. The summed E-state index contributed by atoms with van der Waals surface area (Å²) in [6.45, 7) is 5.83. The van der Waals surface area contributed by atoms with Crippen molar-refractivity contribution in [3.05, 3.63) is 35.4 Å². The second kappa shape index (κ2) is 5.62. The Morgan fingerprint density at radius 3 is 2.53 bits per heavy atom. The van der Waals surface area contributed by atoms with Gasteiger partial charge in [-0.15, -0.1) is 0 Å². The van der Waals surface area contributed by atoms with Crippen molar-refractivity contribution in [3.8, 4) is 0 Å². The third kappa shape index (κ3) is 4.39. The number of benzene rings is 1. The summed E-state index contributed by atoms with van der Waals surface area (Å²) in [7, 11) is 0. The molecule has 0 saturated carbocycles. The van der Waals surface area contributed by atoms with Crippen molar-refractivity contribution < 1.29 is 9.59 Å². The fourth-order valence-electron chi connectivity index (χ4n) is 1.58. The third-order valence-electron chi connectivity index (χ3n) is 2.28. The molecule has 0 aromatic heterocycles. The second-order valence-corrected chi connectivity index (χ2v) is 5.07. The molecule has 0 heterocycles. The van der Waals surface area contributed by atoms with Crippen molar-refractivity contribution >= 4 is 12.2 Å². The quantitative estimate of drug-likeness (QED) is 0.811. The minimum Gasteiger partial charge on any atom is -0.347 e. The van der Waals surface area contributed by atoms with Crippen molar-refractivity contribution in [1.29, 1.82) is 0 Å². The van der Waals surface area contributed by atoms with Crippen LogP contribution in [-0.4, -0.2) is 17.7 Å². The van der Waals surface area contributed by atoms with E-state index in [2.05, 4.69) is 5.32 Å². The SMILES string of the molecule is CC(C)(C)NC(=O)c1ccccc1CCC=O. The summed E-state index contributed by atoms with van der Waals surface area (Å²) in [6, 6.07) is 7.40. The molecule has 0 aliphatic rings. The standard InChI is InChI=1S/C14H19NO2/c1-14(2,3)15-13(17)12-9-5-4-7-11(12)8-6-10-16/h4-5,7,9-10H,6,8H2,1-3H3,(H,15,17). The van der Waals surface area contributed by atoms with Gasteiger partial charge in [0.1, 0.15) is 6.29 Å². The van der Waals surface area contributed by atoms with Crippen LogP contribution in [0.1, 0.15) is 43.1 Å². The molecule has 0 fully saturated rings. The van der Waals surface area contributed by atoms with Crippen molar-refractivity contribution in [1.82, 2.24) is 5.32 Å². The summed E-state index contributed by atoms with van der Waals surface area (Å²) in [4.78, 5) is 22.4. The fourth-order valence-corrected chi connectivity index (χ4v) is 1.58. The predicted octanol–water partition coefficient (Wildman–Crippen LogP) is 2.35. The van der Waals surface area contributed by atoms with Gasteiger partial charge in [0.25, 0.3) is 5.91 Å². The predicted molar refractivity (Wildman–Crippen MR) is 68.0 cm³/mol. The van der Waals surface area contributed by atoms with Gasteiger partial charge >= 0.3 is 0 Å². The third-order valence-corrected chi connectivity index (χ3v) is 2.28. The average molecular weight is 233 g/mol. The van der Waals surface area contributed by atoms with Gasteiger partial charge in [-0.3, -0.25) is 4.79 Å². The first-order chi connectivity index (χ1) is 7.94. The molecular weight excluding hydrogens is 214 g/mol. The normalized spacial score (nSPS) is 11.0. The molecule has 0 bridgehead atoms. The Labute approximate surface area is 102 Å². The van der Waals surface area contributed by atoms with Crippen LogP contribution in [0.5, 0.6) is 0 Å². The molecule has 0 unspecified atom stereocenters. The highest BCUT2D eigenvalue weighted by atomic mass is 16.1. The van der Waals surface area contributed by atoms with E-state index in [-0.39, 0.29) is 11.4 Å². The van der Waals surface area contributed by atoms with E-state index in [1.807, 2.05) is 39.0 Å². The molecule has 17 heavy (non-hydrogen) atoms. The summed E-state index contributed by atoms with van der Waals surface area (Å²) < 4.78 is 0. The molecule has 1 N–H and O–H groups in total.